The number of aromatic nitrogens is 2. The number of hydrogen-bond acceptors (Lipinski definition) is 4. The van der Waals surface area contributed by atoms with Gasteiger partial charge >= 0.3 is 0 Å². The van der Waals surface area contributed by atoms with Crippen molar-refractivity contribution in [1.82, 2.24) is 9.55 Å². The Hall–Kier alpha value is -7.11. The smallest absolute Gasteiger partial charge is 0.137 e. The number of anilines is 4. The SMILES string of the molecule is [2H]c1nc(-n2c3ccccc3c3ccc(Oc4cccc(N5CN(c6c(-c7ccccc7)cccc6-c6ccccc6)c6ccccc65)c4)cc32)c([2H])c(C([2H])([2H])[2H])c1C1CCCCC1. The Balaban J connectivity index is 0.981. The number of hydrogen-bond donors (Lipinski definition) is 0. The average Bonchev–Trinajstić information content (AvgIpc) is 3.88. The van der Waals surface area contributed by atoms with Gasteiger partial charge in [0.25, 0.3) is 0 Å². The van der Waals surface area contributed by atoms with Crippen LogP contribution in [0.1, 0.15) is 56.0 Å². The van der Waals surface area contributed by atoms with Gasteiger partial charge in [0.05, 0.1) is 30.8 Å². The molecule has 0 N–H and O–H groups in total. The van der Waals surface area contributed by atoms with Gasteiger partial charge in [-0.1, -0.05) is 135 Å². The van der Waals surface area contributed by atoms with Crippen LogP contribution in [0, 0.1) is 6.85 Å². The molecule has 7 aromatic carbocycles. The maximum atomic E-state index is 9.49. The number of pyridine rings is 1. The number of benzene rings is 7. The Morgan fingerprint density at radius 2 is 1.25 bits per heavy atom. The number of ether oxygens (including phenoxy) is 1. The van der Waals surface area contributed by atoms with Gasteiger partial charge in [0.1, 0.15) is 24.0 Å². The molecule has 9 aromatic rings. The molecule has 0 bridgehead atoms. The molecule has 11 rings (SSSR count). The van der Waals surface area contributed by atoms with Crippen LogP contribution in [0.2, 0.25) is 0 Å². The number of para-hydroxylation sites is 4. The lowest BCUT2D eigenvalue weighted by atomic mass is 9.83. The highest BCUT2D eigenvalue weighted by atomic mass is 16.5. The molecule has 60 heavy (non-hydrogen) atoms. The van der Waals surface area contributed by atoms with Crippen LogP contribution in [0.15, 0.2) is 182 Å². The topological polar surface area (TPSA) is 33.5 Å². The maximum absolute atomic E-state index is 9.49. The molecule has 0 atom stereocenters. The first kappa shape index (κ1) is 30.9. The van der Waals surface area contributed by atoms with Crippen LogP contribution in [0.5, 0.6) is 11.5 Å². The Kier molecular flexibility index (Phi) is 7.85. The van der Waals surface area contributed by atoms with Crippen molar-refractivity contribution in [3.05, 3.63) is 193 Å². The molecular weight excluding hydrogens is 733 g/mol. The molecule has 1 fully saturated rings. The quantitative estimate of drug-likeness (QED) is 0.154. The van der Waals surface area contributed by atoms with E-state index in [-0.39, 0.29) is 29.5 Å². The average molecular weight is 784 g/mol. The van der Waals surface area contributed by atoms with Crippen molar-refractivity contribution in [2.24, 2.45) is 0 Å². The number of fused-ring (bicyclic) bond motifs is 4. The molecule has 2 aromatic heterocycles. The zero-order chi connectivity index (χ0) is 44.2. The fraction of sp³-hybridized carbons (Fsp3) is 0.145. The van der Waals surface area contributed by atoms with Crippen molar-refractivity contribution < 1.29 is 11.6 Å². The van der Waals surface area contributed by atoms with Crippen molar-refractivity contribution in [3.8, 4) is 39.6 Å². The summed E-state index contributed by atoms with van der Waals surface area (Å²) in [6.07, 6.45) is 4.57. The maximum Gasteiger partial charge on any atom is 0.137 e. The predicted octanol–water partition coefficient (Wildman–Crippen LogP) is 14.9. The van der Waals surface area contributed by atoms with Gasteiger partial charge in [0, 0.05) is 50.0 Å². The van der Waals surface area contributed by atoms with Crippen LogP contribution in [0.4, 0.5) is 22.7 Å². The van der Waals surface area contributed by atoms with E-state index in [1.807, 2.05) is 59.2 Å². The summed E-state index contributed by atoms with van der Waals surface area (Å²) < 4.78 is 53.0. The van der Waals surface area contributed by atoms with Crippen molar-refractivity contribution >= 4 is 44.6 Å². The minimum atomic E-state index is -2.59. The third-order valence-electron chi connectivity index (χ3n) is 12.2. The summed E-state index contributed by atoms with van der Waals surface area (Å²) >= 11 is 0. The van der Waals surface area contributed by atoms with Crippen LogP contribution in [-0.4, -0.2) is 16.2 Å². The highest BCUT2D eigenvalue weighted by Gasteiger charge is 2.31. The molecule has 5 nitrogen and oxygen atoms in total. The lowest BCUT2D eigenvalue weighted by molar-refractivity contribution is 0.441. The molecule has 1 aliphatic carbocycles. The Labute approximate surface area is 358 Å². The standard InChI is InChI=1S/C55H46N4O/c1-38-33-54(56-36-49(38)41-21-9-4-10-22-41)59-50-28-12-11-25-47(50)48-32-31-44(35-53(48)59)60-43-24-15-23-42(34-43)57-37-58(52-30-14-13-29-51(52)57)55-45(39-17-5-2-6-18-39)26-16-27-46(55)40-19-7-3-8-20-40/h2-3,5-8,11-20,23-36,41H,4,9-10,21-22,37H2,1H3/i1D3,33D,36D. The van der Waals surface area contributed by atoms with E-state index in [4.69, 9.17) is 13.8 Å². The van der Waals surface area contributed by atoms with E-state index in [0.717, 1.165) is 93.4 Å². The van der Waals surface area contributed by atoms with E-state index in [2.05, 4.69) is 125 Å². The molecule has 292 valence electrons. The number of rotatable bonds is 8. The zero-order valence-electron chi connectivity index (χ0n) is 38.2. The summed E-state index contributed by atoms with van der Waals surface area (Å²) in [5.74, 6) is 1.25. The molecule has 0 saturated heterocycles. The summed E-state index contributed by atoms with van der Waals surface area (Å²) in [6, 6.07) is 57.9. The third-order valence-corrected chi connectivity index (χ3v) is 12.2. The van der Waals surface area contributed by atoms with Gasteiger partial charge in [-0.25, -0.2) is 4.98 Å². The van der Waals surface area contributed by atoms with Crippen LogP contribution in [0.3, 0.4) is 0 Å². The van der Waals surface area contributed by atoms with Crippen molar-refractivity contribution in [2.45, 2.75) is 44.9 Å². The van der Waals surface area contributed by atoms with Crippen molar-refractivity contribution in [1.29, 1.82) is 0 Å². The number of nitrogens with zero attached hydrogens (tertiary/aromatic N) is 4. The molecule has 1 aliphatic heterocycles. The Bertz CT molecular complexity index is 3180. The molecule has 2 aliphatic rings. The first-order chi connectivity index (χ1) is 31.7. The molecule has 3 heterocycles. The lowest BCUT2D eigenvalue weighted by Crippen LogP contribution is -2.24. The second kappa shape index (κ2) is 15.2. The van der Waals surface area contributed by atoms with E-state index >= 15 is 0 Å². The van der Waals surface area contributed by atoms with Gasteiger partial charge in [-0.2, -0.15) is 0 Å². The summed E-state index contributed by atoms with van der Waals surface area (Å²) in [5, 5.41) is 1.83. The van der Waals surface area contributed by atoms with E-state index in [9.17, 15) is 2.74 Å². The fourth-order valence-corrected chi connectivity index (χ4v) is 9.42. The highest BCUT2D eigenvalue weighted by Crippen LogP contribution is 2.50. The van der Waals surface area contributed by atoms with Gasteiger partial charge in [0.2, 0.25) is 0 Å². The normalized spacial score (nSPS) is 15.6. The Morgan fingerprint density at radius 1 is 0.600 bits per heavy atom. The van der Waals surface area contributed by atoms with Crippen LogP contribution < -0.4 is 14.5 Å². The van der Waals surface area contributed by atoms with Crippen LogP contribution in [-0.2, 0) is 0 Å². The highest BCUT2D eigenvalue weighted by molar-refractivity contribution is 6.09. The minimum absolute atomic E-state index is 0.0588. The molecule has 0 radical (unpaired) electrons. The molecule has 0 spiro atoms. The van der Waals surface area contributed by atoms with Crippen molar-refractivity contribution in [3.63, 3.8) is 0 Å². The van der Waals surface area contributed by atoms with E-state index in [0.29, 0.717) is 29.2 Å². The molecule has 0 unspecified atom stereocenters. The molecule has 0 amide bonds. The molecule has 5 heteroatoms. The molecule has 1 saturated carbocycles. The minimum Gasteiger partial charge on any atom is -0.457 e. The van der Waals surface area contributed by atoms with E-state index < -0.39 is 6.85 Å². The Morgan fingerprint density at radius 3 is 2.00 bits per heavy atom. The first-order valence-corrected chi connectivity index (χ1v) is 20.9. The largest absolute Gasteiger partial charge is 0.457 e. The second-order valence-electron chi connectivity index (χ2n) is 15.8. The van der Waals surface area contributed by atoms with Gasteiger partial charge in [0.15, 0.2) is 0 Å². The van der Waals surface area contributed by atoms with E-state index in [1.54, 1.807) is 0 Å². The van der Waals surface area contributed by atoms with Gasteiger partial charge in [-0.3, -0.25) is 4.57 Å². The van der Waals surface area contributed by atoms with Gasteiger partial charge in [-0.15, -0.1) is 0 Å². The zero-order valence-corrected chi connectivity index (χ0v) is 33.2. The van der Waals surface area contributed by atoms with Crippen LogP contribution in [0.25, 0.3) is 49.9 Å². The van der Waals surface area contributed by atoms with Crippen LogP contribution >= 0.6 is 0 Å². The third kappa shape index (κ3) is 6.38. The fourth-order valence-electron chi connectivity index (χ4n) is 9.42. The monoisotopic (exact) mass is 783 g/mol. The van der Waals surface area contributed by atoms with Gasteiger partial charge < -0.3 is 14.5 Å². The predicted molar refractivity (Wildman–Crippen MR) is 249 cm³/mol. The van der Waals surface area contributed by atoms with Gasteiger partial charge in [-0.05, 0) is 96.4 Å². The summed E-state index contributed by atoms with van der Waals surface area (Å²) in [4.78, 5) is 9.50. The molecular formula is C55H46N4O. The summed E-state index contributed by atoms with van der Waals surface area (Å²) in [7, 11) is 0. The summed E-state index contributed by atoms with van der Waals surface area (Å²) in [6.45, 7) is -2.02. The lowest BCUT2D eigenvalue weighted by Gasteiger charge is -2.27. The second-order valence-corrected chi connectivity index (χ2v) is 15.8. The van der Waals surface area contributed by atoms with E-state index in [1.165, 1.54) is 0 Å². The first-order valence-electron chi connectivity index (χ1n) is 23.4. The summed E-state index contributed by atoms with van der Waals surface area (Å²) in [5.41, 5.74) is 10.7. The van der Waals surface area contributed by atoms with Crippen molar-refractivity contribution in [2.75, 3.05) is 16.5 Å².